The van der Waals surface area contributed by atoms with Crippen LogP contribution < -0.4 is 10.2 Å². The first kappa shape index (κ1) is 27.4. The highest BCUT2D eigenvalue weighted by molar-refractivity contribution is 8.04. The molecule has 0 unspecified atom stereocenters. The number of benzene rings is 3. The lowest BCUT2D eigenvalue weighted by Gasteiger charge is -2.30. The van der Waals surface area contributed by atoms with Crippen LogP contribution in [0, 0.1) is 0 Å². The SMILES string of the molecule is CCCCSCCCNC(=O)c1ccc(/C=C2/Sc3ccccc3N(Cc3cccc(Cl)c3)C2=O)cc1. The van der Waals surface area contributed by atoms with Gasteiger partial charge in [-0.15, -0.1) is 0 Å². The number of unbranched alkanes of at least 4 members (excludes halogenated alkanes) is 1. The number of nitrogens with one attached hydrogen (secondary N) is 1. The summed E-state index contributed by atoms with van der Waals surface area (Å²) in [6, 6.07) is 22.9. The van der Waals surface area contributed by atoms with Gasteiger partial charge in [0.15, 0.2) is 0 Å². The minimum atomic E-state index is -0.0671. The van der Waals surface area contributed by atoms with Crippen molar-refractivity contribution in [2.24, 2.45) is 0 Å². The maximum Gasteiger partial charge on any atom is 0.265 e. The minimum Gasteiger partial charge on any atom is -0.352 e. The lowest BCUT2D eigenvalue weighted by Crippen LogP contribution is -2.33. The lowest BCUT2D eigenvalue weighted by molar-refractivity contribution is -0.114. The summed E-state index contributed by atoms with van der Waals surface area (Å²) in [5.41, 5.74) is 3.36. The number of amides is 2. The molecule has 1 aliphatic rings. The Kier molecular flexibility index (Phi) is 10.2. The maximum absolute atomic E-state index is 13.5. The molecule has 2 amide bonds. The molecular formula is C30H31ClN2O2S2. The Morgan fingerprint density at radius 1 is 1.03 bits per heavy atom. The molecule has 4 rings (SSSR count). The molecule has 37 heavy (non-hydrogen) atoms. The Morgan fingerprint density at radius 2 is 1.81 bits per heavy atom. The van der Waals surface area contributed by atoms with Gasteiger partial charge in [-0.25, -0.2) is 0 Å². The topological polar surface area (TPSA) is 49.4 Å². The van der Waals surface area contributed by atoms with E-state index in [1.165, 1.54) is 30.4 Å². The van der Waals surface area contributed by atoms with Crippen LogP contribution in [0.2, 0.25) is 5.02 Å². The number of hydrogen-bond donors (Lipinski definition) is 1. The van der Waals surface area contributed by atoms with Gasteiger partial charge in [0.1, 0.15) is 0 Å². The molecule has 1 aliphatic heterocycles. The van der Waals surface area contributed by atoms with Gasteiger partial charge in [-0.05, 0) is 77.9 Å². The summed E-state index contributed by atoms with van der Waals surface area (Å²) >= 11 is 9.60. The fourth-order valence-corrected chi connectivity index (χ4v) is 6.26. The van der Waals surface area contributed by atoms with Crippen LogP contribution in [0.4, 0.5) is 5.69 Å². The number of fused-ring (bicyclic) bond motifs is 1. The Morgan fingerprint density at radius 3 is 2.59 bits per heavy atom. The van der Waals surface area contributed by atoms with Crippen LogP contribution in [0.3, 0.4) is 0 Å². The van der Waals surface area contributed by atoms with Crippen molar-refractivity contribution in [2.75, 3.05) is 23.0 Å². The number of carbonyl (C=O) groups is 2. The highest BCUT2D eigenvalue weighted by atomic mass is 35.5. The molecule has 0 radical (unpaired) electrons. The van der Waals surface area contributed by atoms with Gasteiger partial charge in [-0.3, -0.25) is 9.59 Å². The number of para-hydroxylation sites is 1. The largest absolute Gasteiger partial charge is 0.352 e. The number of hydrogen-bond acceptors (Lipinski definition) is 4. The van der Waals surface area contributed by atoms with Gasteiger partial charge in [0.25, 0.3) is 11.8 Å². The number of thioether (sulfide) groups is 2. The molecular weight excluding hydrogens is 520 g/mol. The molecule has 0 bridgehead atoms. The summed E-state index contributed by atoms with van der Waals surface area (Å²) in [6.45, 7) is 3.31. The standard InChI is InChI=1S/C30H31ClN2O2S2/c1-2-3-17-36-18-7-16-32-29(34)24-14-12-22(13-15-24)20-28-30(35)33(21-23-8-6-9-25(31)19-23)26-10-4-5-11-27(26)37-28/h4-6,8-15,19-20H,2-3,7,16-18,21H2,1H3,(H,32,34)/b28-20+. The Hall–Kier alpha value is -2.67. The van der Waals surface area contributed by atoms with E-state index in [0.717, 1.165) is 33.9 Å². The van der Waals surface area contributed by atoms with Gasteiger partial charge in [-0.2, -0.15) is 11.8 Å². The van der Waals surface area contributed by atoms with Gasteiger partial charge in [0, 0.05) is 22.0 Å². The Bertz CT molecular complexity index is 1260. The fraction of sp³-hybridized carbons (Fsp3) is 0.267. The Balaban J connectivity index is 1.42. The summed E-state index contributed by atoms with van der Waals surface area (Å²) in [5.74, 6) is 2.13. The van der Waals surface area contributed by atoms with E-state index >= 15 is 0 Å². The predicted octanol–water partition coefficient (Wildman–Crippen LogP) is 7.67. The molecule has 192 valence electrons. The summed E-state index contributed by atoms with van der Waals surface area (Å²) in [6.07, 6.45) is 5.33. The van der Waals surface area contributed by atoms with Gasteiger partial charge in [0.2, 0.25) is 0 Å². The third-order valence-electron chi connectivity index (χ3n) is 5.93. The fourth-order valence-electron chi connectivity index (χ4n) is 3.95. The minimum absolute atomic E-state index is 0.0534. The van der Waals surface area contributed by atoms with Crippen molar-refractivity contribution in [3.05, 3.63) is 99.4 Å². The predicted molar refractivity (Wildman–Crippen MR) is 159 cm³/mol. The first-order chi connectivity index (χ1) is 18.0. The van der Waals surface area contributed by atoms with Crippen LogP contribution in [0.25, 0.3) is 6.08 Å². The third-order valence-corrected chi connectivity index (χ3v) is 8.39. The van der Waals surface area contributed by atoms with Crippen molar-refractivity contribution in [1.29, 1.82) is 0 Å². The summed E-state index contributed by atoms with van der Waals surface area (Å²) in [5, 5.41) is 3.65. The summed E-state index contributed by atoms with van der Waals surface area (Å²) in [7, 11) is 0. The maximum atomic E-state index is 13.5. The molecule has 0 saturated heterocycles. The van der Waals surface area contributed by atoms with Crippen LogP contribution in [-0.4, -0.2) is 29.9 Å². The second kappa shape index (κ2) is 13.8. The van der Waals surface area contributed by atoms with Crippen molar-refractivity contribution in [3.8, 4) is 0 Å². The van der Waals surface area contributed by atoms with E-state index in [-0.39, 0.29) is 11.8 Å². The molecule has 0 aromatic heterocycles. The van der Waals surface area contributed by atoms with E-state index in [1.54, 1.807) is 4.90 Å². The number of anilines is 1. The van der Waals surface area contributed by atoms with Crippen LogP contribution in [-0.2, 0) is 11.3 Å². The molecule has 7 heteroatoms. The molecule has 0 aliphatic carbocycles. The number of carbonyl (C=O) groups excluding carboxylic acids is 2. The van der Waals surface area contributed by atoms with Gasteiger partial charge in [-0.1, -0.05) is 73.1 Å². The van der Waals surface area contributed by atoms with Crippen LogP contribution in [0.5, 0.6) is 0 Å². The number of halogens is 1. The van der Waals surface area contributed by atoms with Crippen molar-refractivity contribution >= 4 is 58.7 Å². The molecule has 1 N–H and O–H groups in total. The highest BCUT2D eigenvalue weighted by Crippen LogP contribution is 2.42. The number of nitrogens with zero attached hydrogens (tertiary/aromatic N) is 1. The van der Waals surface area contributed by atoms with Gasteiger partial charge in [0.05, 0.1) is 17.1 Å². The van der Waals surface area contributed by atoms with Gasteiger partial charge < -0.3 is 10.2 Å². The van der Waals surface area contributed by atoms with Crippen molar-refractivity contribution in [3.63, 3.8) is 0 Å². The summed E-state index contributed by atoms with van der Waals surface area (Å²) in [4.78, 5) is 29.5. The molecule has 0 fully saturated rings. The average molecular weight is 551 g/mol. The van der Waals surface area contributed by atoms with Crippen molar-refractivity contribution in [2.45, 2.75) is 37.6 Å². The van der Waals surface area contributed by atoms with E-state index in [2.05, 4.69) is 12.2 Å². The highest BCUT2D eigenvalue weighted by Gasteiger charge is 2.29. The van der Waals surface area contributed by atoms with E-state index in [4.69, 9.17) is 11.6 Å². The first-order valence-electron chi connectivity index (χ1n) is 12.6. The van der Waals surface area contributed by atoms with Crippen LogP contribution in [0.15, 0.2) is 82.6 Å². The first-order valence-corrected chi connectivity index (χ1v) is 14.9. The average Bonchev–Trinajstić information content (AvgIpc) is 2.91. The van der Waals surface area contributed by atoms with Crippen molar-refractivity contribution < 1.29 is 9.59 Å². The molecule has 3 aromatic rings. The zero-order chi connectivity index (χ0) is 26.0. The molecule has 0 saturated carbocycles. The monoisotopic (exact) mass is 550 g/mol. The Labute approximate surface area is 232 Å². The summed E-state index contributed by atoms with van der Waals surface area (Å²) < 4.78 is 0. The molecule has 3 aromatic carbocycles. The van der Waals surface area contributed by atoms with E-state index < -0.39 is 0 Å². The van der Waals surface area contributed by atoms with Crippen LogP contribution in [0.1, 0.15) is 47.7 Å². The zero-order valence-electron chi connectivity index (χ0n) is 20.9. The molecule has 0 spiro atoms. The second-order valence-corrected chi connectivity index (χ2v) is 11.5. The zero-order valence-corrected chi connectivity index (χ0v) is 23.3. The third kappa shape index (κ3) is 7.67. The quantitative estimate of drug-likeness (QED) is 0.196. The number of rotatable bonds is 11. The second-order valence-electron chi connectivity index (χ2n) is 8.80. The van der Waals surface area contributed by atoms with E-state index in [9.17, 15) is 9.59 Å². The lowest BCUT2D eigenvalue weighted by atomic mass is 10.1. The van der Waals surface area contributed by atoms with Crippen LogP contribution >= 0.6 is 35.1 Å². The normalized spacial score (nSPS) is 14.1. The van der Waals surface area contributed by atoms with Crippen molar-refractivity contribution in [1.82, 2.24) is 5.32 Å². The van der Waals surface area contributed by atoms with E-state index in [1.807, 2.05) is 90.6 Å². The van der Waals surface area contributed by atoms with Gasteiger partial charge >= 0.3 is 0 Å². The van der Waals surface area contributed by atoms with E-state index in [0.29, 0.717) is 28.6 Å². The smallest absolute Gasteiger partial charge is 0.265 e. The molecule has 1 heterocycles. The molecule has 0 atom stereocenters. The molecule has 4 nitrogen and oxygen atoms in total.